The summed E-state index contributed by atoms with van der Waals surface area (Å²) >= 11 is 1.93. The van der Waals surface area contributed by atoms with Crippen LogP contribution in [0.4, 0.5) is 0 Å². The third kappa shape index (κ3) is 4.43. The van der Waals surface area contributed by atoms with Crippen LogP contribution in [-0.4, -0.2) is 40.4 Å². The van der Waals surface area contributed by atoms with Gasteiger partial charge in [0.1, 0.15) is 0 Å². The lowest BCUT2D eigenvalue weighted by Gasteiger charge is -2.33. The van der Waals surface area contributed by atoms with E-state index in [1.807, 2.05) is 30.5 Å². The summed E-state index contributed by atoms with van der Waals surface area (Å²) in [6.07, 6.45) is 1.35. The van der Waals surface area contributed by atoms with Gasteiger partial charge < -0.3 is 10.6 Å². The van der Waals surface area contributed by atoms with Crippen molar-refractivity contribution in [2.75, 3.05) is 18.1 Å². The minimum absolute atomic E-state index is 0.233. The molecule has 1 atom stereocenters. The van der Waals surface area contributed by atoms with E-state index in [1.165, 1.54) is 0 Å². The molecule has 1 fully saturated rings. The highest BCUT2D eigenvalue weighted by Gasteiger charge is 2.24. The number of nitrogens with two attached hydrogens (primary N) is 1. The molecule has 0 radical (unpaired) electrons. The second-order valence-electron chi connectivity index (χ2n) is 5.00. The maximum absolute atomic E-state index is 11.9. The number of carbonyl (C=O) groups is 1. The number of nitrogens with zero attached hydrogens (tertiary/aromatic N) is 1. The second kappa shape index (κ2) is 5.21. The fraction of sp³-hybridized carbons (Fsp3) is 0.909. The lowest BCUT2D eigenvalue weighted by atomic mass is 9.99. The predicted molar refractivity (Wildman–Crippen MR) is 66.0 cm³/mol. The van der Waals surface area contributed by atoms with E-state index >= 15 is 0 Å². The number of rotatable bonds is 3. The molecule has 0 spiro atoms. The molecular weight excluding hydrogens is 208 g/mol. The van der Waals surface area contributed by atoms with Gasteiger partial charge in [-0.1, -0.05) is 0 Å². The molecule has 1 rings (SSSR count). The summed E-state index contributed by atoms with van der Waals surface area (Å²) < 4.78 is 0. The molecule has 0 bridgehead atoms. The maximum Gasteiger partial charge on any atom is 0.222 e. The zero-order chi connectivity index (χ0) is 11.5. The Balaban J connectivity index is 2.39. The van der Waals surface area contributed by atoms with Gasteiger partial charge in [0.2, 0.25) is 5.91 Å². The fourth-order valence-electron chi connectivity index (χ4n) is 1.67. The van der Waals surface area contributed by atoms with Crippen LogP contribution in [0.1, 0.15) is 33.6 Å². The Labute approximate surface area is 96.8 Å². The summed E-state index contributed by atoms with van der Waals surface area (Å²) in [5, 5.41) is 0. The highest BCUT2D eigenvalue weighted by Crippen LogP contribution is 2.18. The minimum Gasteiger partial charge on any atom is -0.338 e. The molecule has 1 saturated heterocycles. The van der Waals surface area contributed by atoms with Gasteiger partial charge in [0.25, 0.3) is 0 Å². The molecular formula is C11H22N2OS. The van der Waals surface area contributed by atoms with Crippen LogP contribution in [0.2, 0.25) is 0 Å². The van der Waals surface area contributed by atoms with E-state index in [2.05, 4.69) is 6.92 Å². The van der Waals surface area contributed by atoms with Gasteiger partial charge in [0, 0.05) is 36.1 Å². The van der Waals surface area contributed by atoms with Crippen LogP contribution in [0.25, 0.3) is 0 Å². The number of carbonyl (C=O) groups excluding carboxylic acids is 1. The predicted octanol–water partition coefficient (Wildman–Crippen LogP) is 1.47. The normalized spacial score (nSPS) is 22.9. The van der Waals surface area contributed by atoms with Crippen molar-refractivity contribution < 1.29 is 4.79 Å². The van der Waals surface area contributed by atoms with Gasteiger partial charge in [0.15, 0.2) is 0 Å². The summed E-state index contributed by atoms with van der Waals surface area (Å²) in [4.78, 5) is 13.9. The Bertz CT molecular complexity index is 225. The summed E-state index contributed by atoms with van der Waals surface area (Å²) in [5.74, 6) is 2.40. The van der Waals surface area contributed by atoms with Gasteiger partial charge in [-0.3, -0.25) is 4.79 Å². The second-order valence-corrected chi connectivity index (χ2v) is 6.15. The Kier molecular flexibility index (Phi) is 4.46. The van der Waals surface area contributed by atoms with Crippen LogP contribution in [0, 0.1) is 0 Å². The molecule has 0 aromatic heterocycles. The zero-order valence-electron chi connectivity index (χ0n) is 9.95. The number of hydrogen-bond donors (Lipinski definition) is 1. The number of thioether (sulfide) groups is 1. The quantitative estimate of drug-likeness (QED) is 0.798. The number of amides is 1. The van der Waals surface area contributed by atoms with Gasteiger partial charge in [-0.25, -0.2) is 0 Å². The van der Waals surface area contributed by atoms with Crippen molar-refractivity contribution in [3.8, 4) is 0 Å². The molecule has 1 amide bonds. The van der Waals surface area contributed by atoms with Crippen molar-refractivity contribution in [1.82, 2.24) is 4.90 Å². The van der Waals surface area contributed by atoms with Crippen molar-refractivity contribution in [3.05, 3.63) is 0 Å². The Morgan fingerprint density at radius 2 is 2.27 bits per heavy atom. The molecule has 4 heteroatoms. The molecule has 1 aliphatic rings. The molecule has 88 valence electrons. The Hall–Kier alpha value is -0.220. The van der Waals surface area contributed by atoms with Crippen LogP contribution in [-0.2, 0) is 4.79 Å². The van der Waals surface area contributed by atoms with Gasteiger partial charge in [-0.2, -0.15) is 11.8 Å². The minimum atomic E-state index is -0.233. The average Bonchev–Trinajstić information content (AvgIpc) is 2.14. The third-order valence-corrected chi connectivity index (χ3v) is 3.86. The fourth-order valence-corrected chi connectivity index (χ4v) is 2.68. The summed E-state index contributed by atoms with van der Waals surface area (Å²) in [6.45, 7) is 6.96. The molecule has 0 aliphatic carbocycles. The van der Waals surface area contributed by atoms with Crippen molar-refractivity contribution in [1.29, 1.82) is 0 Å². The zero-order valence-corrected chi connectivity index (χ0v) is 10.8. The molecule has 0 aromatic rings. The van der Waals surface area contributed by atoms with Crippen LogP contribution >= 0.6 is 11.8 Å². The van der Waals surface area contributed by atoms with E-state index in [1.54, 1.807) is 0 Å². The van der Waals surface area contributed by atoms with Crippen LogP contribution in [0.5, 0.6) is 0 Å². The van der Waals surface area contributed by atoms with Crippen LogP contribution in [0.3, 0.4) is 0 Å². The smallest absolute Gasteiger partial charge is 0.222 e. The van der Waals surface area contributed by atoms with Crippen LogP contribution in [0.15, 0.2) is 0 Å². The topological polar surface area (TPSA) is 46.3 Å². The first-order valence-corrected chi connectivity index (χ1v) is 6.72. The highest BCUT2D eigenvalue weighted by molar-refractivity contribution is 7.99. The monoisotopic (exact) mass is 230 g/mol. The Morgan fingerprint density at radius 1 is 1.60 bits per heavy atom. The molecule has 15 heavy (non-hydrogen) atoms. The van der Waals surface area contributed by atoms with Crippen molar-refractivity contribution >= 4 is 17.7 Å². The summed E-state index contributed by atoms with van der Waals surface area (Å²) in [6, 6.07) is 0.386. The van der Waals surface area contributed by atoms with E-state index in [0.29, 0.717) is 12.5 Å². The first-order valence-electron chi connectivity index (χ1n) is 5.56. The van der Waals surface area contributed by atoms with E-state index < -0.39 is 0 Å². The SMILES string of the molecule is CC1CSCCN1C(=O)CCC(C)(C)N. The molecule has 1 aliphatic heterocycles. The molecule has 2 N–H and O–H groups in total. The maximum atomic E-state index is 11.9. The Morgan fingerprint density at radius 3 is 2.80 bits per heavy atom. The number of hydrogen-bond acceptors (Lipinski definition) is 3. The molecule has 0 saturated carbocycles. The summed E-state index contributed by atoms with van der Waals surface area (Å²) in [7, 11) is 0. The van der Waals surface area contributed by atoms with E-state index in [9.17, 15) is 4.79 Å². The van der Waals surface area contributed by atoms with Crippen molar-refractivity contribution in [2.24, 2.45) is 5.73 Å². The van der Waals surface area contributed by atoms with E-state index in [0.717, 1.165) is 24.5 Å². The van der Waals surface area contributed by atoms with Gasteiger partial charge in [0.05, 0.1) is 0 Å². The van der Waals surface area contributed by atoms with E-state index in [4.69, 9.17) is 5.73 Å². The largest absolute Gasteiger partial charge is 0.338 e. The standard InChI is InChI=1S/C11H22N2OS/c1-9-8-15-7-6-13(9)10(14)4-5-11(2,3)12/h9H,4-8,12H2,1-3H3. The molecule has 1 heterocycles. The highest BCUT2D eigenvalue weighted by atomic mass is 32.2. The summed E-state index contributed by atoms with van der Waals surface area (Å²) in [5.41, 5.74) is 5.64. The first kappa shape index (κ1) is 12.8. The first-order chi connectivity index (χ1) is 6.90. The van der Waals surface area contributed by atoms with Gasteiger partial charge in [-0.05, 0) is 27.2 Å². The van der Waals surface area contributed by atoms with Gasteiger partial charge >= 0.3 is 0 Å². The van der Waals surface area contributed by atoms with Gasteiger partial charge in [-0.15, -0.1) is 0 Å². The molecule has 0 aromatic carbocycles. The van der Waals surface area contributed by atoms with Crippen LogP contribution < -0.4 is 5.73 Å². The van der Waals surface area contributed by atoms with Crippen molar-refractivity contribution in [3.63, 3.8) is 0 Å². The lowest BCUT2D eigenvalue weighted by Crippen LogP contribution is -2.45. The van der Waals surface area contributed by atoms with E-state index in [-0.39, 0.29) is 11.4 Å². The lowest BCUT2D eigenvalue weighted by molar-refractivity contribution is -0.133. The molecule has 1 unspecified atom stereocenters. The molecule has 3 nitrogen and oxygen atoms in total. The third-order valence-electron chi connectivity index (χ3n) is 2.67. The van der Waals surface area contributed by atoms with Crippen molar-refractivity contribution in [2.45, 2.75) is 45.2 Å². The average molecular weight is 230 g/mol.